The maximum absolute atomic E-state index is 12.3. The van der Waals surface area contributed by atoms with Gasteiger partial charge in [-0.2, -0.15) is 0 Å². The summed E-state index contributed by atoms with van der Waals surface area (Å²) < 4.78 is 0. The maximum atomic E-state index is 12.3. The minimum atomic E-state index is -0.0616. The molecule has 1 fully saturated rings. The van der Waals surface area contributed by atoms with E-state index in [9.17, 15) is 4.79 Å². The summed E-state index contributed by atoms with van der Waals surface area (Å²) in [5.41, 5.74) is 6.21. The Hall–Kier alpha value is -1.49. The fraction of sp³-hybridized carbons (Fsp3) is 0.615. The largest absolute Gasteiger partial charge is 0.337 e. The van der Waals surface area contributed by atoms with E-state index in [1.807, 2.05) is 7.05 Å². The summed E-state index contributed by atoms with van der Waals surface area (Å²) in [6, 6.07) is 0.234. The Bertz CT molecular complexity index is 395. The predicted molar refractivity (Wildman–Crippen MR) is 68.9 cm³/mol. The second-order valence-electron chi connectivity index (χ2n) is 4.85. The van der Waals surface area contributed by atoms with Gasteiger partial charge in [0.1, 0.15) is 5.69 Å². The second kappa shape index (κ2) is 5.91. The molecule has 0 bridgehead atoms. The molecule has 2 N–H and O–H groups in total. The molecule has 1 aliphatic rings. The van der Waals surface area contributed by atoms with Crippen molar-refractivity contribution in [2.24, 2.45) is 11.7 Å². The first-order chi connectivity index (χ1) is 8.74. The van der Waals surface area contributed by atoms with E-state index in [4.69, 9.17) is 5.73 Å². The van der Waals surface area contributed by atoms with Crippen molar-refractivity contribution in [3.05, 3.63) is 24.3 Å². The predicted octanol–water partition coefficient (Wildman–Crippen LogP) is 1.07. The smallest absolute Gasteiger partial charge is 0.274 e. The van der Waals surface area contributed by atoms with Gasteiger partial charge in [0, 0.05) is 25.5 Å². The number of rotatable bonds is 3. The normalized spacial score (nSPS) is 23.7. The first kappa shape index (κ1) is 13.0. The number of amides is 1. The highest BCUT2D eigenvalue weighted by Gasteiger charge is 2.30. The number of carbonyl (C=O) groups excluding carboxylic acids is 1. The minimum Gasteiger partial charge on any atom is -0.337 e. The van der Waals surface area contributed by atoms with Crippen molar-refractivity contribution in [3.8, 4) is 0 Å². The highest BCUT2D eigenvalue weighted by atomic mass is 16.2. The van der Waals surface area contributed by atoms with Crippen LogP contribution < -0.4 is 5.73 Å². The molecule has 1 aromatic rings. The summed E-state index contributed by atoms with van der Waals surface area (Å²) in [7, 11) is 1.84. The summed E-state index contributed by atoms with van der Waals surface area (Å²) >= 11 is 0. The number of aromatic nitrogens is 2. The van der Waals surface area contributed by atoms with E-state index in [2.05, 4.69) is 9.97 Å². The molecular weight excluding hydrogens is 228 g/mol. The minimum absolute atomic E-state index is 0.0616. The average molecular weight is 248 g/mol. The van der Waals surface area contributed by atoms with Gasteiger partial charge in [-0.3, -0.25) is 9.78 Å². The molecule has 0 aromatic carbocycles. The molecule has 2 atom stereocenters. The Kier molecular flexibility index (Phi) is 4.25. The van der Waals surface area contributed by atoms with Crippen molar-refractivity contribution in [2.75, 3.05) is 13.6 Å². The molecule has 98 valence electrons. The third-order valence-corrected chi connectivity index (χ3v) is 3.77. The van der Waals surface area contributed by atoms with Crippen LogP contribution in [0.1, 0.15) is 36.2 Å². The Morgan fingerprint density at radius 2 is 2.22 bits per heavy atom. The summed E-state index contributed by atoms with van der Waals surface area (Å²) in [6.45, 7) is 0.642. The van der Waals surface area contributed by atoms with Crippen molar-refractivity contribution in [3.63, 3.8) is 0 Å². The fourth-order valence-corrected chi connectivity index (χ4v) is 2.71. The number of nitrogens with two attached hydrogens (primary N) is 1. The van der Waals surface area contributed by atoms with Gasteiger partial charge >= 0.3 is 0 Å². The summed E-state index contributed by atoms with van der Waals surface area (Å²) in [6.07, 6.45) is 9.15. The molecule has 0 aliphatic heterocycles. The molecule has 1 aliphatic carbocycles. The van der Waals surface area contributed by atoms with Crippen LogP contribution in [0.25, 0.3) is 0 Å². The van der Waals surface area contributed by atoms with Crippen molar-refractivity contribution >= 4 is 5.91 Å². The van der Waals surface area contributed by atoms with Gasteiger partial charge in [-0.15, -0.1) is 0 Å². The van der Waals surface area contributed by atoms with Gasteiger partial charge in [-0.25, -0.2) is 4.98 Å². The number of nitrogens with zero attached hydrogens (tertiary/aromatic N) is 3. The van der Waals surface area contributed by atoms with E-state index >= 15 is 0 Å². The van der Waals surface area contributed by atoms with Gasteiger partial charge < -0.3 is 10.6 Å². The molecule has 5 heteroatoms. The Labute approximate surface area is 107 Å². The third-order valence-electron chi connectivity index (χ3n) is 3.77. The Morgan fingerprint density at radius 3 is 2.89 bits per heavy atom. The highest BCUT2D eigenvalue weighted by Crippen LogP contribution is 2.27. The molecule has 1 amide bonds. The topological polar surface area (TPSA) is 72.1 Å². The molecule has 2 rings (SSSR count). The first-order valence-electron chi connectivity index (χ1n) is 6.47. The van der Waals surface area contributed by atoms with Crippen molar-refractivity contribution in [1.82, 2.24) is 14.9 Å². The van der Waals surface area contributed by atoms with Crippen LogP contribution in [-0.2, 0) is 0 Å². The van der Waals surface area contributed by atoms with Crippen LogP contribution in [0.2, 0.25) is 0 Å². The zero-order valence-electron chi connectivity index (χ0n) is 10.7. The standard InChI is InChI=1S/C13H20N4O/c1-17(12-5-3-2-4-10(12)8-14)13(18)11-9-15-6-7-16-11/h6-7,9-10,12H,2-5,8,14H2,1H3. The molecule has 5 nitrogen and oxygen atoms in total. The highest BCUT2D eigenvalue weighted by molar-refractivity contribution is 5.92. The lowest BCUT2D eigenvalue weighted by atomic mass is 9.83. The summed E-state index contributed by atoms with van der Waals surface area (Å²) in [5, 5.41) is 0. The van der Waals surface area contributed by atoms with E-state index in [0.717, 1.165) is 12.8 Å². The average Bonchev–Trinajstić information content (AvgIpc) is 2.46. The van der Waals surface area contributed by atoms with Gasteiger partial charge in [0.25, 0.3) is 5.91 Å². The monoisotopic (exact) mass is 248 g/mol. The molecule has 0 spiro atoms. The quantitative estimate of drug-likeness (QED) is 0.868. The molecule has 0 radical (unpaired) electrons. The molecule has 2 unspecified atom stereocenters. The van der Waals surface area contributed by atoms with E-state index in [-0.39, 0.29) is 11.9 Å². The van der Waals surface area contributed by atoms with Crippen molar-refractivity contribution < 1.29 is 4.79 Å². The van der Waals surface area contributed by atoms with E-state index in [0.29, 0.717) is 18.2 Å². The zero-order valence-corrected chi connectivity index (χ0v) is 10.7. The Morgan fingerprint density at radius 1 is 1.44 bits per heavy atom. The van der Waals surface area contributed by atoms with Crippen LogP contribution in [-0.4, -0.2) is 40.4 Å². The van der Waals surface area contributed by atoms with Crippen molar-refractivity contribution in [2.45, 2.75) is 31.7 Å². The summed E-state index contributed by atoms with van der Waals surface area (Å²) in [4.78, 5) is 22.1. The SMILES string of the molecule is CN(C(=O)c1cnccn1)C1CCCCC1CN. The lowest BCUT2D eigenvalue weighted by molar-refractivity contribution is 0.0614. The molecule has 1 heterocycles. The van der Waals surface area contributed by atoms with Crippen molar-refractivity contribution in [1.29, 1.82) is 0 Å². The van der Waals surface area contributed by atoms with Crippen LogP contribution in [0.3, 0.4) is 0 Å². The second-order valence-corrected chi connectivity index (χ2v) is 4.85. The molecular formula is C13H20N4O. The molecule has 0 saturated heterocycles. The first-order valence-corrected chi connectivity index (χ1v) is 6.47. The van der Waals surface area contributed by atoms with Gasteiger partial charge in [0.15, 0.2) is 0 Å². The Balaban J connectivity index is 2.10. The molecule has 18 heavy (non-hydrogen) atoms. The lowest BCUT2D eigenvalue weighted by Gasteiger charge is -2.37. The number of carbonyl (C=O) groups is 1. The van der Waals surface area contributed by atoms with Crippen LogP contribution in [0, 0.1) is 5.92 Å². The van der Waals surface area contributed by atoms with Gasteiger partial charge in [0.05, 0.1) is 6.20 Å². The molecule has 1 saturated carbocycles. The fourth-order valence-electron chi connectivity index (χ4n) is 2.71. The zero-order chi connectivity index (χ0) is 13.0. The van der Waals surface area contributed by atoms with Crippen LogP contribution in [0.15, 0.2) is 18.6 Å². The van der Waals surface area contributed by atoms with Crippen LogP contribution in [0.4, 0.5) is 0 Å². The summed E-state index contributed by atoms with van der Waals surface area (Å²) in [5.74, 6) is 0.345. The third kappa shape index (κ3) is 2.67. The van der Waals surface area contributed by atoms with E-state index < -0.39 is 0 Å². The lowest BCUT2D eigenvalue weighted by Crippen LogP contribution is -2.46. The van der Waals surface area contributed by atoms with Gasteiger partial charge in [-0.05, 0) is 25.3 Å². The molecule has 1 aromatic heterocycles. The number of hydrogen-bond acceptors (Lipinski definition) is 4. The van der Waals surface area contributed by atoms with Gasteiger partial charge in [0.2, 0.25) is 0 Å². The van der Waals surface area contributed by atoms with E-state index in [1.54, 1.807) is 17.3 Å². The van der Waals surface area contributed by atoms with Crippen LogP contribution >= 0.6 is 0 Å². The van der Waals surface area contributed by atoms with Gasteiger partial charge in [-0.1, -0.05) is 12.8 Å². The maximum Gasteiger partial charge on any atom is 0.274 e. The van der Waals surface area contributed by atoms with Crippen LogP contribution in [0.5, 0.6) is 0 Å². The number of hydrogen-bond donors (Lipinski definition) is 1. The van der Waals surface area contributed by atoms with E-state index in [1.165, 1.54) is 19.0 Å².